The summed E-state index contributed by atoms with van der Waals surface area (Å²) >= 11 is 4.40. The zero-order valence-corrected chi connectivity index (χ0v) is 24.7. The maximum atomic E-state index is 15.0. The molecular formula is C24H34BrFN2O5SSi. The van der Waals surface area contributed by atoms with Crippen LogP contribution in [0.4, 0.5) is 9.18 Å². The predicted molar refractivity (Wildman–Crippen MR) is 142 cm³/mol. The minimum atomic E-state index is -1.36. The van der Waals surface area contributed by atoms with Crippen LogP contribution in [0.25, 0.3) is 0 Å². The number of carbonyl (C=O) groups excluding carboxylic acids is 1. The van der Waals surface area contributed by atoms with Crippen LogP contribution in [0.1, 0.15) is 39.7 Å². The van der Waals surface area contributed by atoms with E-state index in [2.05, 4.69) is 35.6 Å². The summed E-state index contributed by atoms with van der Waals surface area (Å²) in [5.74, 6) is -1.92. The first kappa shape index (κ1) is 28.1. The molecule has 1 aliphatic carbocycles. The minimum Gasteiger partial charge on any atom is -0.480 e. The average Bonchev–Trinajstić information content (AvgIpc) is 3.45. The Bertz CT molecular complexity index is 1040. The van der Waals surface area contributed by atoms with Crippen LogP contribution >= 0.6 is 27.7 Å². The molecule has 1 amide bonds. The highest BCUT2D eigenvalue weighted by atomic mass is 79.9. The number of benzene rings is 1. The highest BCUT2D eigenvalue weighted by Gasteiger charge is 2.72. The summed E-state index contributed by atoms with van der Waals surface area (Å²) in [7, 11) is -1.36. The van der Waals surface area contributed by atoms with Gasteiger partial charge in [0, 0.05) is 30.6 Å². The van der Waals surface area contributed by atoms with Gasteiger partial charge in [0.1, 0.15) is 22.9 Å². The lowest BCUT2D eigenvalue weighted by molar-refractivity contribution is -0.137. The smallest absolute Gasteiger partial charge is 0.418 e. The quantitative estimate of drug-likeness (QED) is 0.228. The molecule has 194 valence electrons. The van der Waals surface area contributed by atoms with E-state index >= 15 is 4.39 Å². The Morgan fingerprint density at radius 1 is 1.34 bits per heavy atom. The Hall–Kier alpha value is -1.43. The van der Waals surface area contributed by atoms with Crippen LogP contribution in [-0.2, 0) is 19.8 Å². The number of thioether (sulfide) groups is 1. The predicted octanol–water partition coefficient (Wildman–Crippen LogP) is 6.30. The molecule has 0 spiro atoms. The van der Waals surface area contributed by atoms with Crippen LogP contribution in [0.2, 0.25) is 25.7 Å². The van der Waals surface area contributed by atoms with E-state index in [1.54, 1.807) is 39.8 Å². The molecule has 0 bridgehead atoms. The van der Waals surface area contributed by atoms with Gasteiger partial charge in [-0.15, -0.1) is 0 Å². The van der Waals surface area contributed by atoms with Crippen LogP contribution in [0, 0.1) is 11.7 Å². The molecule has 2 aliphatic rings. The topological polar surface area (TPSA) is 88.4 Å². The summed E-state index contributed by atoms with van der Waals surface area (Å²) in [4.78, 5) is 31.7. The molecule has 35 heavy (non-hydrogen) atoms. The molecule has 0 saturated heterocycles. The van der Waals surface area contributed by atoms with Crippen molar-refractivity contribution in [1.82, 2.24) is 4.90 Å². The van der Waals surface area contributed by atoms with Crippen molar-refractivity contribution in [2.75, 3.05) is 13.3 Å². The minimum absolute atomic E-state index is 0.136. The third kappa shape index (κ3) is 6.29. The number of hydrogen-bond donors (Lipinski definition) is 1. The fourth-order valence-electron chi connectivity index (χ4n) is 4.04. The van der Waals surface area contributed by atoms with E-state index in [9.17, 15) is 14.7 Å². The Morgan fingerprint density at radius 3 is 2.57 bits per heavy atom. The monoisotopic (exact) mass is 588 g/mol. The molecule has 1 aliphatic heterocycles. The highest BCUT2D eigenvalue weighted by molar-refractivity contribution is 9.10. The van der Waals surface area contributed by atoms with Crippen molar-refractivity contribution in [2.24, 2.45) is 10.9 Å². The van der Waals surface area contributed by atoms with E-state index in [-0.39, 0.29) is 17.5 Å². The maximum Gasteiger partial charge on any atom is 0.418 e. The van der Waals surface area contributed by atoms with Gasteiger partial charge in [0.2, 0.25) is 0 Å². The van der Waals surface area contributed by atoms with Crippen LogP contribution < -0.4 is 0 Å². The number of hydrogen-bond acceptors (Lipinski definition) is 6. The molecule has 1 aromatic carbocycles. The zero-order valence-electron chi connectivity index (χ0n) is 21.3. The van der Waals surface area contributed by atoms with Gasteiger partial charge >= 0.3 is 12.1 Å². The molecule has 11 heteroatoms. The van der Waals surface area contributed by atoms with Gasteiger partial charge in [-0.3, -0.25) is 9.79 Å². The van der Waals surface area contributed by atoms with Crippen LogP contribution in [-0.4, -0.2) is 59.0 Å². The molecule has 0 radical (unpaired) electrons. The third-order valence-electron chi connectivity index (χ3n) is 6.09. The molecule has 1 aromatic rings. The van der Waals surface area contributed by atoms with Gasteiger partial charge < -0.3 is 14.6 Å². The van der Waals surface area contributed by atoms with E-state index in [4.69, 9.17) is 14.5 Å². The van der Waals surface area contributed by atoms with Crippen molar-refractivity contribution < 1.29 is 28.6 Å². The normalized spacial score (nSPS) is 26.0. The third-order valence-corrected chi connectivity index (χ3v) is 9.77. The van der Waals surface area contributed by atoms with Crippen molar-refractivity contribution in [3.63, 3.8) is 0 Å². The van der Waals surface area contributed by atoms with Gasteiger partial charge in [0.25, 0.3) is 0 Å². The van der Waals surface area contributed by atoms with Gasteiger partial charge in [-0.2, -0.15) is 0 Å². The number of aliphatic carboxylic acids is 1. The summed E-state index contributed by atoms with van der Waals surface area (Å²) in [6, 6.07) is 5.44. The number of carboxylic acids is 1. The summed E-state index contributed by atoms with van der Waals surface area (Å²) in [5.41, 5.74) is -1.69. The van der Waals surface area contributed by atoms with Gasteiger partial charge in [0.15, 0.2) is 5.17 Å². The number of rotatable bonds is 7. The summed E-state index contributed by atoms with van der Waals surface area (Å²) in [6.07, 6.45) is -0.380. The van der Waals surface area contributed by atoms with Crippen LogP contribution in [0.5, 0.6) is 0 Å². The fraction of sp³-hybridized carbons (Fsp3) is 0.625. The number of amides is 1. The molecule has 3 rings (SSSR count). The first-order valence-corrected chi connectivity index (χ1v) is 16.9. The second-order valence-corrected chi connectivity index (χ2v) is 19.3. The number of ether oxygens (including phenoxy) is 2. The number of carboxylic acid groups (broad SMARTS) is 1. The van der Waals surface area contributed by atoms with Gasteiger partial charge in [-0.05, 0) is 58.4 Å². The lowest BCUT2D eigenvalue weighted by Gasteiger charge is -2.37. The SMILES string of the molecule is CC(C)(C)OC(=O)N(COCC[Si](C)(C)C)C1=NC(C)(c2cc(Br)ccc2F)[C@@H]2CC2(C(=O)O)S1. The maximum absolute atomic E-state index is 15.0. The largest absolute Gasteiger partial charge is 0.480 e. The van der Waals surface area contributed by atoms with Crippen LogP contribution in [0.3, 0.4) is 0 Å². The summed E-state index contributed by atoms with van der Waals surface area (Å²) in [5, 5.41) is 10.3. The van der Waals surface area contributed by atoms with Gasteiger partial charge in [-0.1, -0.05) is 47.3 Å². The lowest BCUT2D eigenvalue weighted by Crippen LogP contribution is -2.47. The van der Waals surface area contributed by atoms with E-state index in [1.165, 1.54) is 11.0 Å². The number of nitrogens with zero attached hydrogens (tertiary/aromatic N) is 2. The van der Waals surface area contributed by atoms with E-state index < -0.39 is 47.8 Å². The van der Waals surface area contributed by atoms with Crippen molar-refractivity contribution in [3.05, 3.63) is 34.1 Å². The number of carbonyl (C=O) groups is 2. The Labute approximate surface area is 220 Å². The zero-order chi connectivity index (χ0) is 26.4. The highest BCUT2D eigenvalue weighted by Crippen LogP contribution is 2.66. The van der Waals surface area contributed by atoms with E-state index in [0.717, 1.165) is 17.8 Å². The molecule has 1 fully saturated rings. The Balaban J connectivity index is 2.03. The number of halogens is 2. The molecule has 1 heterocycles. The first-order chi connectivity index (χ1) is 16.0. The molecular weight excluding hydrogens is 555 g/mol. The number of fused-ring (bicyclic) bond motifs is 1. The van der Waals surface area contributed by atoms with Gasteiger partial charge in [-0.25, -0.2) is 14.1 Å². The first-order valence-electron chi connectivity index (χ1n) is 11.5. The van der Waals surface area contributed by atoms with Gasteiger partial charge in [0.05, 0.1) is 5.54 Å². The van der Waals surface area contributed by atoms with Crippen molar-refractivity contribution in [3.8, 4) is 0 Å². The van der Waals surface area contributed by atoms with Crippen LogP contribution in [0.15, 0.2) is 27.7 Å². The molecule has 0 aromatic heterocycles. The molecule has 7 nitrogen and oxygen atoms in total. The Morgan fingerprint density at radius 2 is 2.00 bits per heavy atom. The average molecular weight is 590 g/mol. The molecule has 2 unspecified atom stereocenters. The van der Waals surface area contributed by atoms with Crippen molar-refractivity contribution in [2.45, 2.75) is 75.7 Å². The van der Waals surface area contributed by atoms with Crippen molar-refractivity contribution >= 4 is 53.0 Å². The fourth-order valence-corrected chi connectivity index (χ4v) is 6.66. The second-order valence-electron chi connectivity index (χ2n) is 11.5. The summed E-state index contributed by atoms with van der Waals surface area (Å²) in [6.45, 7) is 14.0. The molecule has 1 N–H and O–H groups in total. The van der Waals surface area contributed by atoms with Crippen molar-refractivity contribution in [1.29, 1.82) is 0 Å². The van der Waals surface area contributed by atoms with E-state index in [0.29, 0.717) is 17.5 Å². The lowest BCUT2D eigenvalue weighted by atomic mass is 9.86. The summed E-state index contributed by atoms with van der Waals surface area (Å²) < 4.78 is 25.9. The standard InChI is InChI=1S/C24H34BrFN2O5SSi/c1-22(2,3)33-21(31)28(14-32-10-11-35(5,6)7)20-27-23(4,16-12-15(25)8-9-17(16)26)18-13-24(18,34-20)19(29)30/h8-9,12,18H,10-11,13-14H2,1-7H3,(H,29,30)/t18-,23?,24?/m0/s1. The molecule has 3 atom stereocenters. The Kier molecular flexibility index (Phi) is 7.87. The second kappa shape index (κ2) is 9.79. The molecule has 1 saturated carbocycles. The number of amidine groups is 1. The number of aliphatic imine (C=N–C) groups is 1. The van der Waals surface area contributed by atoms with E-state index in [1.807, 2.05) is 0 Å².